The number of hydrogen-bond acceptors (Lipinski definition) is 7. The van der Waals surface area contributed by atoms with Crippen LogP contribution in [0.2, 0.25) is 0 Å². The Morgan fingerprint density at radius 3 is 2.51 bits per heavy atom. The number of carbonyl (C=O) groups is 1. The van der Waals surface area contributed by atoms with Gasteiger partial charge in [0.05, 0.1) is 31.1 Å². The van der Waals surface area contributed by atoms with Crippen molar-refractivity contribution in [1.82, 2.24) is 24.8 Å². The fourth-order valence-corrected chi connectivity index (χ4v) is 4.86. The van der Waals surface area contributed by atoms with Gasteiger partial charge in [-0.2, -0.15) is 13.2 Å². The molecule has 1 saturated carbocycles. The highest BCUT2D eigenvalue weighted by Gasteiger charge is 2.45. The molecule has 0 N–H and O–H groups in total. The summed E-state index contributed by atoms with van der Waals surface area (Å²) in [6.45, 7) is 0.551. The number of piperidine rings is 2. The SMILES string of the molecule is COc1cccc(-c2ncccn2)c1C(=O)N1C[C@H]2CC[C@H]1[C@H](Oc1cnc(C(F)(F)F)cn1)C2. The molecule has 1 aliphatic carbocycles. The second kappa shape index (κ2) is 9.12. The van der Waals surface area contributed by atoms with Crippen LogP contribution in [0.4, 0.5) is 13.2 Å². The highest BCUT2D eigenvalue weighted by atomic mass is 19.4. The van der Waals surface area contributed by atoms with E-state index < -0.39 is 18.0 Å². The van der Waals surface area contributed by atoms with E-state index in [1.165, 1.54) is 7.11 Å². The number of benzene rings is 1. The Balaban J connectivity index is 1.43. The molecule has 4 heterocycles. The molecule has 6 rings (SSSR count). The zero-order valence-corrected chi connectivity index (χ0v) is 18.8. The van der Waals surface area contributed by atoms with Gasteiger partial charge in [-0.15, -0.1) is 0 Å². The summed E-state index contributed by atoms with van der Waals surface area (Å²) in [5, 5.41) is 0. The van der Waals surface area contributed by atoms with Crippen molar-refractivity contribution >= 4 is 5.91 Å². The van der Waals surface area contributed by atoms with E-state index in [1.54, 1.807) is 41.6 Å². The molecular weight excluding hydrogens is 463 g/mol. The van der Waals surface area contributed by atoms with Crippen molar-refractivity contribution in [3.8, 4) is 23.0 Å². The molecule has 2 bridgehead atoms. The number of fused-ring (bicyclic) bond motifs is 3. The van der Waals surface area contributed by atoms with E-state index in [2.05, 4.69) is 19.9 Å². The molecule has 3 aromatic rings. The zero-order valence-electron chi connectivity index (χ0n) is 18.8. The Morgan fingerprint density at radius 1 is 1.06 bits per heavy atom. The molecule has 0 unspecified atom stereocenters. The highest BCUT2D eigenvalue weighted by Crippen LogP contribution is 2.40. The number of methoxy groups -OCH3 is 1. The maximum absolute atomic E-state index is 13.9. The van der Waals surface area contributed by atoms with Gasteiger partial charge in [-0.3, -0.25) is 4.79 Å². The summed E-state index contributed by atoms with van der Waals surface area (Å²) >= 11 is 0. The Bertz CT molecular complexity index is 1210. The molecule has 2 aliphatic heterocycles. The van der Waals surface area contributed by atoms with Crippen molar-refractivity contribution in [2.24, 2.45) is 5.92 Å². The monoisotopic (exact) mass is 485 g/mol. The van der Waals surface area contributed by atoms with E-state index >= 15 is 0 Å². The third-order valence-corrected chi connectivity index (χ3v) is 6.44. The van der Waals surface area contributed by atoms with E-state index in [0.29, 0.717) is 48.3 Å². The number of alkyl halides is 3. The molecule has 182 valence electrons. The number of ether oxygens (including phenoxy) is 2. The van der Waals surface area contributed by atoms with E-state index in [1.807, 2.05) is 0 Å². The number of halogens is 3. The summed E-state index contributed by atoms with van der Waals surface area (Å²) in [6.07, 6.45) is 2.17. The Kier molecular flexibility index (Phi) is 6.00. The number of hydrogen-bond donors (Lipinski definition) is 0. The molecule has 3 atom stereocenters. The van der Waals surface area contributed by atoms with Gasteiger partial charge in [0.25, 0.3) is 5.91 Å². The lowest BCUT2D eigenvalue weighted by atomic mass is 9.77. The highest BCUT2D eigenvalue weighted by molar-refractivity contribution is 6.03. The van der Waals surface area contributed by atoms with E-state index in [4.69, 9.17) is 9.47 Å². The maximum atomic E-state index is 13.9. The number of nitrogens with zero attached hydrogens (tertiary/aromatic N) is 5. The second-order valence-electron chi connectivity index (χ2n) is 8.55. The molecule has 11 heteroatoms. The summed E-state index contributed by atoms with van der Waals surface area (Å²) in [7, 11) is 1.50. The number of aromatic nitrogens is 4. The molecule has 2 saturated heterocycles. The van der Waals surface area contributed by atoms with Crippen LogP contribution in [-0.4, -0.2) is 56.5 Å². The lowest BCUT2D eigenvalue weighted by Gasteiger charge is -2.49. The van der Waals surface area contributed by atoms with Crippen LogP contribution in [0.3, 0.4) is 0 Å². The number of carbonyl (C=O) groups excluding carboxylic acids is 1. The fraction of sp³-hybridized carbons (Fsp3) is 0.375. The van der Waals surface area contributed by atoms with Crippen molar-refractivity contribution in [2.45, 2.75) is 37.6 Å². The lowest BCUT2D eigenvalue weighted by Crippen LogP contribution is -2.59. The van der Waals surface area contributed by atoms with E-state index in [0.717, 1.165) is 12.6 Å². The molecule has 0 radical (unpaired) electrons. The summed E-state index contributed by atoms with van der Waals surface area (Å²) in [4.78, 5) is 31.5. The number of amides is 1. The predicted octanol–water partition coefficient (Wildman–Crippen LogP) is 4.03. The summed E-state index contributed by atoms with van der Waals surface area (Å²) in [5.74, 6) is 0.782. The average Bonchev–Trinajstić information content (AvgIpc) is 2.88. The summed E-state index contributed by atoms with van der Waals surface area (Å²) in [5.41, 5.74) is -0.164. The summed E-state index contributed by atoms with van der Waals surface area (Å²) < 4.78 is 49.9. The zero-order chi connectivity index (χ0) is 24.6. The van der Waals surface area contributed by atoms with Crippen LogP contribution in [0.15, 0.2) is 49.1 Å². The van der Waals surface area contributed by atoms with Gasteiger partial charge in [0.15, 0.2) is 11.5 Å². The molecule has 1 aromatic carbocycles. The van der Waals surface area contributed by atoms with Gasteiger partial charge in [0.1, 0.15) is 11.9 Å². The minimum Gasteiger partial charge on any atom is -0.496 e. The summed E-state index contributed by atoms with van der Waals surface area (Å²) in [6, 6.07) is 6.69. The molecule has 8 nitrogen and oxygen atoms in total. The minimum atomic E-state index is -4.58. The van der Waals surface area contributed by atoms with Crippen LogP contribution in [-0.2, 0) is 6.18 Å². The minimum absolute atomic E-state index is 0.00128. The molecule has 0 spiro atoms. The first-order valence-corrected chi connectivity index (χ1v) is 11.2. The fourth-order valence-electron chi connectivity index (χ4n) is 4.86. The average molecular weight is 485 g/mol. The second-order valence-corrected chi connectivity index (χ2v) is 8.55. The Hall–Kier alpha value is -3.76. The van der Waals surface area contributed by atoms with Crippen molar-refractivity contribution in [3.63, 3.8) is 0 Å². The van der Waals surface area contributed by atoms with Gasteiger partial charge in [-0.1, -0.05) is 12.1 Å². The van der Waals surface area contributed by atoms with Gasteiger partial charge in [0, 0.05) is 24.5 Å². The van der Waals surface area contributed by atoms with Gasteiger partial charge in [0.2, 0.25) is 5.88 Å². The lowest BCUT2D eigenvalue weighted by molar-refractivity contribution is -0.141. The van der Waals surface area contributed by atoms with Gasteiger partial charge >= 0.3 is 6.18 Å². The maximum Gasteiger partial charge on any atom is 0.434 e. The van der Waals surface area contributed by atoms with Crippen LogP contribution < -0.4 is 9.47 Å². The van der Waals surface area contributed by atoms with Crippen LogP contribution in [0.5, 0.6) is 11.6 Å². The van der Waals surface area contributed by atoms with Crippen molar-refractivity contribution in [3.05, 3.63) is 60.3 Å². The molecule has 1 amide bonds. The first kappa shape index (κ1) is 23.0. The van der Waals surface area contributed by atoms with Gasteiger partial charge in [-0.25, -0.2) is 19.9 Å². The van der Waals surface area contributed by atoms with Crippen molar-refractivity contribution in [1.29, 1.82) is 0 Å². The van der Waals surface area contributed by atoms with Crippen LogP contribution in [0.25, 0.3) is 11.4 Å². The molecule has 2 aromatic heterocycles. The molecular formula is C24H22F3N5O3. The third-order valence-electron chi connectivity index (χ3n) is 6.44. The predicted molar refractivity (Wildman–Crippen MR) is 118 cm³/mol. The first-order chi connectivity index (χ1) is 16.8. The quantitative estimate of drug-likeness (QED) is 0.539. The van der Waals surface area contributed by atoms with Crippen LogP contribution >= 0.6 is 0 Å². The van der Waals surface area contributed by atoms with Gasteiger partial charge in [-0.05, 0) is 37.3 Å². The van der Waals surface area contributed by atoms with Crippen molar-refractivity contribution in [2.75, 3.05) is 13.7 Å². The Morgan fingerprint density at radius 2 is 1.86 bits per heavy atom. The number of rotatable bonds is 5. The topological polar surface area (TPSA) is 90.3 Å². The van der Waals surface area contributed by atoms with E-state index in [-0.39, 0.29) is 23.7 Å². The smallest absolute Gasteiger partial charge is 0.434 e. The largest absolute Gasteiger partial charge is 0.496 e. The molecule has 3 fully saturated rings. The third kappa shape index (κ3) is 4.50. The Labute approximate surface area is 199 Å². The van der Waals surface area contributed by atoms with E-state index in [9.17, 15) is 18.0 Å². The molecule has 3 aliphatic rings. The van der Waals surface area contributed by atoms with Crippen molar-refractivity contribution < 1.29 is 27.4 Å². The normalized spacial score (nSPS) is 21.6. The van der Waals surface area contributed by atoms with Crippen LogP contribution in [0.1, 0.15) is 35.3 Å². The van der Waals surface area contributed by atoms with Crippen LogP contribution in [0, 0.1) is 5.92 Å². The van der Waals surface area contributed by atoms with Gasteiger partial charge < -0.3 is 14.4 Å². The molecule has 35 heavy (non-hydrogen) atoms. The standard InChI is InChI=1S/C24H22F3N5O3/c1-34-17-5-2-4-15(22-28-8-3-9-29-22)21(17)23(33)32-13-14-6-7-16(32)18(10-14)35-20-12-30-19(11-31-20)24(25,26)27/h2-5,8-9,11-12,14,16,18H,6-7,10,13H2,1H3/t14-,16-,18+/m0/s1. The first-order valence-electron chi connectivity index (χ1n) is 11.2.